The van der Waals surface area contributed by atoms with E-state index in [-0.39, 0.29) is 0 Å². The predicted molar refractivity (Wildman–Crippen MR) is 250 cm³/mol. The zero-order chi connectivity index (χ0) is 39.4. The quantitative estimate of drug-likeness (QED) is 0.163. The summed E-state index contributed by atoms with van der Waals surface area (Å²) < 4.78 is 6.84. The van der Waals surface area contributed by atoms with E-state index in [1.165, 1.54) is 98.7 Å². The largest absolute Gasteiger partial charge is 0.457 e. The number of fused-ring (bicyclic) bond motifs is 14. The molecule has 11 aromatic rings. The van der Waals surface area contributed by atoms with Crippen molar-refractivity contribution in [2.45, 2.75) is 5.41 Å². The van der Waals surface area contributed by atoms with Gasteiger partial charge in [0.05, 0.1) is 5.41 Å². The van der Waals surface area contributed by atoms with Crippen molar-refractivity contribution in [3.05, 3.63) is 241 Å². The molecule has 0 amide bonds. The molecular formula is C59H36O. The molecule has 0 saturated heterocycles. The molecule has 11 aromatic carbocycles. The van der Waals surface area contributed by atoms with Crippen molar-refractivity contribution in [1.29, 1.82) is 0 Å². The van der Waals surface area contributed by atoms with Gasteiger partial charge in [0.15, 0.2) is 0 Å². The van der Waals surface area contributed by atoms with E-state index in [0.717, 1.165) is 22.6 Å². The molecule has 0 bridgehead atoms. The van der Waals surface area contributed by atoms with Gasteiger partial charge in [-0.25, -0.2) is 0 Å². The molecule has 0 saturated carbocycles. The molecule has 60 heavy (non-hydrogen) atoms. The lowest BCUT2D eigenvalue weighted by Gasteiger charge is -2.39. The van der Waals surface area contributed by atoms with Gasteiger partial charge in [0, 0.05) is 11.1 Å². The van der Waals surface area contributed by atoms with Crippen molar-refractivity contribution in [3.8, 4) is 56.0 Å². The summed E-state index contributed by atoms with van der Waals surface area (Å²) in [5.41, 5.74) is 14.2. The highest BCUT2D eigenvalue weighted by molar-refractivity contribution is 6.25. The molecule has 278 valence electrons. The molecule has 0 N–H and O–H groups in total. The lowest BCUT2D eigenvalue weighted by molar-refractivity contribution is 0.436. The van der Waals surface area contributed by atoms with Crippen LogP contribution in [0.5, 0.6) is 11.5 Å². The third-order valence-corrected chi connectivity index (χ3v) is 13.3. The van der Waals surface area contributed by atoms with Crippen molar-refractivity contribution in [2.75, 3.05) is 0 Å². The van der Waals surface area contributed by atoms with E-state index in [2.05, 4.69) is 218 Å². The minimum Gasteiger partial charge on any atom is -0.457 e. The molecule has 13 rings (SSSR count). The van der Waals surface area contributed by atoms with Crippen molar-refractivity contribution >= 4 is 43.1 Å². The van der Waals surface area contributed by atoms with Crippen LogP contribution >= 0.6 is 0 Å². The van der Waals surface area contributed by atoms with Gasteiger partial charge in [0.25, 0.3) is 0 Å². The molecule has 1 spiro atoms. The Kier molecular flexibility index (Phi) is 7.00. The van der Waals surface area contributed by atoms with E-state index in [9.17, 15) is 0 Å². The lowest BCUT2D eigenvalue weighted by Crippen LogP contribution is -2.32. The van der Waals surface area contributed by atoms with Crippen LogP contribution in [-0.4, -0.2) is 0 Å². The van der Waals surface area contributed by atoms with E-state index in [4.69, 9.17) is 4.74 Å². The van der Waals surface area contributed by atoms with Crippen LogP contribution < -0.4 is 4.74 Å². The summed E-state index contributed by atoms with van der Waals surface area (Å²) in [4.78, 5) is 0. The topological polar surface area (TPSA) is 9.23 Å². The minimum absolute atomic E-state index is 0.662. The molecule has 0 radical (unpaired) electrons. The molecule has 2 aliphatic rings. The molecule has 1 aliphatic carbocycles. The summed E-state index contributed by atoms with van der Waals surface area (Å²) in [6.07, 6.45) is 0. The highest BCUT2D eigenvalue weighted by Crippen LogP contribution is 2.64. The summed E-state index contributed by atoms with van der Waals surface area (Å²) >= 11 is 0. The van der Waals surface area contributed by atoms with Crippen molar-refractivity contribution in [2.24, 2.45) is 0 Å². The third-order valence-electron chi connectivity index (χ3n) is 13.3. The monoisotopic (exact) mass is 760 g/mol. The average Bonchev–Trinajstić information content (AvgIpc) is 3.60. The minimum atomic E-state index is -0.662. The van der Waals surface area contributed by atoms with Crippen LogP contribution in [0.15, 0.2) is 218 Å². The fourth-order valence-corrected chi connectivity index (χ4v) is 10.9. The second kappa shape index (κ2) is 12.6. The van der Waals surface area contributed by atoms with E-state index in [1.807, 2.05) is 0 Å². The first kappa shape index (κ1) is 33.3. The SMILES string of the molecule is c1ccc(-c2c3ccccc3c(-c3cc4c(c5ccccc35)-c3ccc(-c5cccc6ccccc56)cc3C43c4ccccc4Oc4ccccc43)c3ccccc23)cc1. The van der Waals surface area contributed by atoms with Gasteiger partial charge in [-0.15, -0.1) is 0 Å². The Morgan fingerprint density at radius 1 is 0.267 bits per heavy atom. The summed E-state index contributed by atoms with van der Waals surface area (Å²) in [5.74, 6) is 1.78. The highest BCUT2D eigenvalue weighted by Gasteiger charge is 2.52. The fourth-order valence-electron chi connectivity index (χ4n) is 10.9. The van der Waals surface area contributed by atoms with Crippen molar-refractivity contribution in [1.82, 2.24) is 0 Å². The number of hydrogen-bond acceptors (Lipinski definition) is 1. The number of para-hydroxylation sites is 2. The van der Waals surface area contributed by atoms with Gasteiger partial charge in [-0.05, 0) is 123 Å². The van der Waals surface area contributed by atoms with Crippen molar-refractivity contribution in [3.63, 3.8) is 0 Å². The van der Waals surface area contributed by atoms with Gasteiger partial charge >= 0.3 is 0 Å². The number of ether oxygens (including phenoxy) is 1. The van der Waals surface area contributed by atoms with Crippen LogP contribution in [0.4, 0.5) is 0 Å². The maximum atomic E-state index is 6.84. The van der Waals surface area contributed by atoms with E-state index < -0.39 is 5.41 Å². The smallest absolute Gasteiger partial charge is 0.132 e. The molecule has 1 heteroatoms. The highest BCUT2D eigenvalue weighted by atomic mass is 16.5. The Hall–Kier alpha value is -7.74. The van der Waals surface area contributed by atoms with Crippen LogP contribution in [-0.2, 0) is 5.41 Å². The van der Waals surface area contributed by atoms with Crippen LogP contribution in [0.3, 0.4) is 0 Å². The van der Waals surface area contributed by atoms with E-state index >= 15 is 0 Å². The van der Waals surface area contributed by atoms with Gasteiger partial charge in [-0.1, -0.05) is 194 Å². The van der Waals surface area contributed by atoms with Crippen LogP contribution in [0.2, 0.25) is 0 Å². The molecule has 0 fully saturated rings. The maximum Gasteiger partial charge on any atom is 0.132 e. The van der Waals surface area contributed by atoms with Crippen molar-refractivity contribution < 1.29 is 4.74 Å². The van der Waals surface area contributed by atoms with Gasteiger partial charge in [-0.2, -0.15) is 0 Å². The number of benzene rings is 11. The van der Waals surface area contributed by atoms with Crippen LogP contribution in [0.1, 0.15) is 22.3 Å². The molecule has 1 nitrogen and oxygen atoms in total. The molecular weight excluding hydrogens is 725 g/mol. The number of hydrogen-bond donors (Lipinski definition) is 0. The molecule has 0 aromatic heterocycles. The Balaban J connectivity index is 1.20. The zero-order valence-electron chi connectivity index (χ0n) is 32.7. The number of rotatable bonds is 3. The zero-order valence-corrected chi connectivity index (χ0v) is 32.7. The molecule has 0 atom stereocenters. The Morgan fingerprint density at radius 3 is 1.45 bits per heavy atom. The van der Waals surface area contributed by atoms with Gasteiger partial charge < -0.3 is 4.74 Å². The summed E-state index contributed by atoms with van der Waals surface area (Å²) in [6.45, 7) is 0. The Morgan fingerprint density at radius 2 is 0.783 bits per heavy atom. The van der Waals surface area contributed by atoms with Gasteiger partial charge in [0.2, 0.25) is 0 Å². The van der Waals surface area contributed by atoms with E-state index in [1.54, 1.807) is 0 Å². The van der Waals surface area contributed by atoms with Gasteiger partial charge in [0.1, 0.15) is 11.5 Å². The fraction of sp³-hybridized carbons (Fsp3) is 0.0169. The van der Waals surface area contributed by atoms with Gasteiger partial charge in [-0.3, -0.25) is 0 Å². The molecule has 1 aliphatic heterocycles. The standard InChI is InChI=1S/C59H36O/c1-2-18-38(19-3-1)56-44-24-8-10-26-46(44)57(47-27-11-9-25-45(47)56)49-36-53-58(43-23-7-6-22-42(43)49)48-34-33-39(41-28-16-20-37-17-4-5-21-40(37)41)35-52(48)59(53)50-29-12-14-31-54(50)60-55-32-15-13-30-51(55)59/h1-36H. The summed E-state index contributed by atoms with van der Waals surface area (Å²) in [6, 6.07) is 80.6. The Bertz CT molecular complexity index is 3470. The summed E-state index contributed by atoms with van der Waals surface area (Å²) in [7, 11) is 0. The molecule has 0 unspecified atom stereocenters. The third kappa shape index (κ3) is 4.47. The van der Waals surface area contributed by atoms with Crippen LogP contribution in [0, 0.1) is 0 Å². The predicted octanol–water partition coefficient (Wildman–Crippen LogP) is 15.8. The van der Waals surface area contributed by atoms with E-state index in [0.29, 0.717) is 0 Å². The second-order valence-electron chi connectivity index (χ2n) is 16.2. The first-order valence-corrected chi connectivity index (χ1v) is 20.8. The lowest BCUT2D eigenvalue weighted by atomic mass is 9.65. The Labute approximate surface area is 348 Å². The maximum absolute atomic E-state index is 6.84. The molecule has 1 heterocycles. The second-order valence-corrected chi connectivity index (χ2v) is 16.2. The average molecular weight is 761 g/mol. The summed E-state index contributed by atoms with van der Waals surface area (Å²) in [5, 5.41) is 9.98. The first-order chi connectivity index (χ1) is 29.8. The normalized spacial score (nSPS) is 13.3. The first-order valence-electron chi connectivity index (χ1n) is 20.8. The van der Waals surface area contributed by atoms with Crippen LogP contribution in [0.25, 0.3) is 87.6 Å².